The largest absolute Gasteiger partial charge is 0.345 e. The topological polar surface area (TPSA) is 142 Å². The van der Waals surface area contributed by atoms with Gasteiger partial charge in [-0.2, -0.15) is 8.78 Å². The van der Waals surface area contributed by atoms with E-state index < -0.39 is 59.6 Å². The van der Waals surface area contributed by atoms with Crippen molar-refractivity contribution < 1.29 is 28.0 Å². The lowest BCUT2D eigenvalue weighted by atomic mass is 9.87. The van der Waals surface area contributed by atoms with Crippen LogP contribution >= 0.6 is 0 Å². The Kier molecular flexibility index (Phi) is 14.0. The third-order valence-corrected chi connectivity index (χ3v) is 6.36. The second kappa shape index (κ2) is 15.8. The predicted octanol–water partition coefficient (Wildman–Crippen LogP) is 2.52. The summed E-state index contributed by atoms with van der Waals surface area (Å²) < 4.78 is 30.5. The Balaban J connectivity index is 3.17. The minimum Gasteiger partial charge on any atom is -0.345 e. The fourth-order valence-electron chi connectivity index (χ4n) is 4.29. The first-order valence-electron chi connectivity index (χ1n) is 13.6. The predicted molar refractivity (Wildman–Crippen MR) is 139 cm³/mol. The van der Waals surface area contributed by atoms with Crippen molar-refractivity contribution in [3.8, 4) is 0 Å². The number of hydrogen-bond donors (Lipinski definition) is 5. The van der Waals surface area contributed by atoms with E-state index in [2.05, 4.69) is 22.9 Å². The van der Waals surface area contributed by atoms with Gasteiger partial charge in [0.15, 0.2) is 0 Å². The van der Waals surface area contributed by atoms with Gasteiger partial charge in [-0.25, -0.2) is 0 Å². The van der Waals surface area contributed by atoms with Gasteiger partial charge in [0.05, 0.1) is 6.54 Å². The molecule has 4 amide bonds. The molecule has 1 aliphatic rings. The monoisotopic (exact) mass is 531 g/mol. The molecule has 0 saturated carbocycles. The number of carbonyl (C=O) groups excluding carboxylic acids is 4. The average molecular weight is 532 g/mol. The van der Waals surface area contributed by atoms with Crippen molar-refractivity contribution in [2.75, 3.05) is 13.1 Å². The Morgan fingerprint density at radius 2 is 1.43 bits per heavy atom. The quantitative estimate of drug-likeness (QED) is 0.246. The van der Waals surface area contributed by atoms with Crippen molar-refractivity contribution in [2.24, 2.45) is 11.1 Å². The molecule has 0 radical (unpaired) electrons. The Morgan fingerprint density at radius 3 is 2.03 bits per heavy atom. The van der Waals surface area contributed by atoms with E-state index in [1.54, 1.807) is 0 Å². The minimum absolute atomic E-state index is 0.110. The Labute approximate surface area is 219 Å². The fourth-order valence-corrected chi connectivity index (χ4v) is 4.29. The van der Waals surface area contributed by atoms with Crippen molar-refractivity contribution in [3.63, 3.8) is 0 Å². The van der Waals surface area contributed by atoms with Gasteiger partial charge in [-0.3, -0.25) is 19.2 Å². The van der Waals surface area contributed by atoms with Crippen LogP contribution in [0.2, 0.25) is 0 Å². The molecule has 11 heteroatoms. The minimum atomic E-state index is -3.94. The molecule has 6 N–H and O–H groups in total. The molecule has 1 saturated heterocycles. The molecule has 1 aliphatic heterocycles. The number of rotatable bonds is 12. The van der Waals surface area contributed by atoms with Gasteiger partial charge in [-0.05, 0) is 37.6 Å². The van der Waals surface area contributed by atoms with E-state index in [0.717, 1.165) is 32.1 Å². The molecular formula is C26H47F2N5O4. The van der Waals surface area contributed by atoms with Crippen molar-refractivity contribution in [3.05, 3.63) is 0 Å². The van der Waals surface area contributed by atoms with Crippen LogP contribution in [0.5, 0.6) is 0 Å². The standard InChI is InChI=1S/C26H47F2N5O4/c1-5-6-7-8-9-10-11-14-20-26(27,28)24(37)30-17-21(34)31-18(13-12-15-29)22(35)32-19(23(36)33-20)16-25(2,3)4/h18-20H,5-17,29H2,1-4H3,(H,30,37)(H,31,34)(H,32,35)(H,33,36)/t18-,19-,20+/m0/s1. The second-order valence-electron chi connectivity index (χ2n) is 11.2. The summed E-state index contributed by atoms with van der Waals surface area (Å²) in [4.78, 5) is 51.1. The lowest BCUT2D eigenvalue weighted by Crippen LogP contribution is -2.59. The zero-order chi connectivity index (χ0) is 28.1. The number of amides is 4. The summed E-state index contributed by atoms with van der Waals surface area (Å²) in [6, 6.07) is -3.92. The van der Waals surface area contributed by atoms with Crippen LogP contribution in [0, 0.1) is 5.41 Å². The number of nitrogens with two attached hydrogens (primary N) is 1. The summed E-state index contributed by atoms with van der Waals surface area (Å²) in [6.07, 6.45) is 6.96. The van der Waals surface area contributed by atoms with Gasteiger partial charge in [0.2, 0.25) is 17.7 Å². The van der Waals surface area contributed by atoms with Crippen molar-refractivity contribution >= 4 is 23.6 Å². The zero-order valence-corrected chi connectivity index (χ0v) is 22.9. The lowest BCUT2D eigenvalue weighted by molar-refractivity contribution is -0.153. The first-order valence-corrected chi connectivity index (χ1v) is 13.6. The first kappa shape index (κ1) is 32.7. The van der Waals surface area contributed by atoms with Crippen LogP contribution in [0.15, 0.2) is 0 Å². The Hall–Kier alpha value is -2.30. The van der Waals surface area contributed by atoms with Crippen molar-refractivity contribution in [1.29, 1.82) is 0 Å². The molecule has 0 spiro atoms. The van der Waals surface area contributed by atoms with Gasteiger partial charge in [-0.15, -0.1) is 0 Å². The van der Waals surface area contributed by atoms with E-state index in [9.17, 15) is 19.2 Å². The summed E-state index contributed by atoms with van der Waals surface area (Å²) in [5, 5.41) is 9.42. The molecule has 1 rings (SSSR count). The van der Waals surface area contributed by atoms with Crippen LogP contribution < -0.4 is 27.0 Å². The van der Waals surface area contributed by atoms with Crippen LogP contribution in [-0.2, 0) is 19.2 Å². The highest BCUT2D eigenvalue weighted by molar-refractivity contribution is 5.95. The number of hydrogen-bond acceptors (Lipinski definition) is 5. The molecule has 0 unspecified atom stereocenters. The van der Waals surface area contributed by atoms with Gasteiger partial charge < -0.3 is 27.0 Å². The highest BCUT2D eigenvalue weighted by atomic mass is 19.3. The maximum Gasteiger partial charge on any atom is 0.344 e. The molecule has 0 bridgehead atoms. The van der Waals surface area contributed by atoms with Gasteiger partial charge in [0.1, 0.15) is 18.1 Å². The van der Waals surface area contributed by atoms with Gasteiger partial charge >= 0.3 is 5.92 Å². The fraction of sp³-hybridized carbons (Fsp3) is 0.846. The van der Waals surface area contributed by atoms with E-state index in [4.69, 9.17) is 5.73 Å². The van der Waals surface area contributed by atoms with Crippen LogP contribution in [0.25, 0.3) is 0 Å². The summed E-state index contributed by atoms with van der Waals surface area (Å²) in [7, 11) is 0. The highest BCUT2D eigenvalue weighted by Crippen LogP contribution is 2.26. The highest BCUT2D eigenvalue weighted by Gasteiger charge is 2.48. The van der Waals surface area contributed by atoms with Gasteiger partial charge in [0.25, 0.3) is 5.91 Å². The van der Waals surface area contributed by atoms with Gasteiger partial charge in [0, 0.05) is 0 Å². The molecule has 214 valence electrons. The average Bonchev–Trinajstić information content (AvgIpc) is 2.81. The molecule has 0 aliphatic carbocycles. The molecule has 3 atom stereocenters. The third-order valence-electron chi connectivity index (χ3n) is 6.36. The summed E-state index contributed by atoms with van der Waals surface area (Å²) in [5.41, 5.74) is 5.12. The van der Waals surface area contributed by atoms with Crippen LogP contribution in [-0.4, -0.2) is 60.8 Å². The normalized spacial score (nSPS) is 23.6. The summed E-state index contributed by atoms with van der Waals surface area (Å²) >= 11 is 0. The summed E-state index contributed by atoms with van der Waals surface area (Å²) in [6.45, 7) is 7.25. The maximum absolute atomic E-state index is 15.3. The SMILES string of the molecule is CCCCCCCCC[C@H]1NC(=O)[C@H](CC(C)(C)C)NC(=O)[C@H](CCCN)NC(=O)CNC(=O)C1(F)F. The Morgan fingerprint density at radius 1 is 0.838 bits per heavy atom. The van der Waals surface area contributed by atoms with E-state index in [1.807, 2.05) is 26.1 Å². The molecule has 9 nitrogen and oxygen atoms in total. The van der Waals surface area contributed by atoms with E-state index in [0.29, 0.717) is 19.3 Å². The molecule has 1 heterocycles. The number of unbranched alkanes of at least 4 members (excludes halogenated alkanes) is 6. The van der Waals surface area contributed by atoms with E-state index in [1.165, 1.54) is 0 Å². The first-order chi connectivity index (χ1) is 17.3. The van der Waals surface area contributed by atoms with Crippen molar-refractivity contribution in [2.45, 2.75) is 122 Å². The third kappa shape index (κ3) is 12.2. The molecule has 0 aromatic heterocycles. The van der Waals surface area contributed by atoms with Crippen molar-refractivity contribution in [1.82, 2.24) is 21.3 Å². The molecular weight excluding hydrogens is 484 g/mol. The summed E-state index contributed by atoms with van der Waals surface area (Å²) in [5.74, 6) is -7.75. The second-order valence-corrected chi connectivity index (χ2v) is 11.2. The Bertz CT molecular complexity index is 758. The van der Waals surface area contributed by atoms with E-state index in [-0.39, 0.29) is 25.8 Å². The smallest absolute Gasteiger partial charge is 0.344 e. The zero-order valence-electron chi connectivity index (χ0n) is 22.9. The number of halogens is 2. The number of alkyl halides is 2. The van der Waals surface area contributed by atoms with Crippen LogP contribution in [0.1, 0.15) is 98.3 Å². The molecule has 0 aromatic rings. The number of carbonyl (C=O) groups is 4. The molecule has 1 fully saturated rings. The van der Waals surface area contributed by atoms with E-state index >= 15 is 8.78 Å². The van der Waals surface area contributed by atoms with Crippen LogP contribution in [0.4, 0.5) is 8.78 Å². The van der Waals surface area contributed by atoms with Crippen LogP contribution in [0.3, 0.4) is 0 Å². The maximum atomic E-state index is 15.3. The molecule has 37 heavy (non-hydrogen) atoms. The lowest BCUT2D eigenvalue weighted by Gasteiger charge is -2.31. The molecule has 0 aromatic carbocycles. The number of nitrogens with one attached hydrogen (secondary N) is 4. The van der Waals surface area contributed by atoms with Gasteiger partial charge in [-0.1, -0.05) is 72.6 Å².